The Hall–Kier alpha value is -1.90. The first-order valence-corrected chi connectivity index (χ1v) is 5.34. The van der Waals surface area contributed by atoms with Crippen LogP contribution in [0.2, 0.25) is 0 Å². The SMILES string of the molecule is CC(C)/C=C1\C(=O)NN=C1c1ccccc1. The zero-order valence-electron chi connectivity index (χ0n) is 9.40. The quantitative estimate of drug-likeness (QED) is 0.752. The molecule has 1 N–H and O–H groups in total. The fourth-order valence-electron chi connectivity index (χ4n) is 1.64. The van der Waals surface area contributed by atoms with Crippen LogP contribution in [0.5, 0.6) is 0 Å². The van der Waals surface area contributed by atoms with Gasteiger partial charge in [-0.2, -0.15) is 5.10 Å². The Balaban J connectivity index is 2.39. The van der Waals surface area contributed by atoms with Gasteiger partial charge in [0.05, 0.1) is 5.57 Å². The highest BCUT2D eigenvalue weighted by molar-refractivity contribution is 6.30. The van der Waals surface area contributed by atoms with Gasteiger partial charge in [0.1, 0.15) is 5.71 Å². The van der Waals surface area contributed by atoms with Gasteiger partial charge in [0.25, 0.3) is 5.91 Å². The first kappa shape index (κ1) is 10.6. The van der Waals surface area contributed by atoms with Crippen molar-refractivity contribution in [3.8, 4) is 0 Å². The summed E-state index contributed by atoms with van der Waals surface area (Å²) in [5.41, 5.74) is 4.87. The van der Waals surface area contributed by atoms with Gasteiger partial charge >= 0.3 is 0 Å². The molecule has 0 fully saturated rings. The van der Waals surface area contributed by atoms with Crippen molar-refractivity contribution < 1.29 is 4.79 Å². The van der Waals surface area contributed by atoms with Gasteiger partial charge in [-0.05, 0) is 5.92 Å². The molecule has 0 atom stereocenters. The minimum atomic E-state index is -0.118. The van der Waals surface area contributed by atoms with Crippen LogP contribution in [0, 0.1) is 5.92 Å². The van der Waals surface area contributed by atoms with Gasteiger partial charge < -0.3 is 0 Å². The minimum Gasteiger partial charge on any atom is -0.267 e. The van der Waals surface area contributed by atoms with E-state index < -0.39 is 0 Å². The standard InChI is InChI=1S/C13H14N2O/c1-9(2)8-11-12(14-15-13(11)16)10-6-4-3-5-7-10/h3-9H,1-2H3,(H,15,16)/b11-8-. The molecule has 0 bridgehead atoms. The minimum absolute atomic E-state index is 0.118. The summed E-state index contributed by atoms with van der Waals surface area (Å²) in [4.78, 5) is 11.6. The number of nitrogens with one attached hydrogen (secondary N) is 1. The number of hydrazone groups is 1. The third-order valence-corrected chi connectivity index (χ3v) is 2.32. The molecule has 0 unspecified atom stereocenters. The summed E-state index contributed by atoms with van der Waals surface area (Å²) >= 11 is 0. The summed E-state index contributed by atoms with van der Waals surface area (Å²) in [6.07, 6.45) is 1.94. The van der Waals surface area contributed by atoms with Gasteiger partial charge in [0, 0.05) is 5.56 Å². The van der Waals surface area contributed by atoms with Gasteiger partial charge in [0.2, 0.25) is 0 Å². The molecule has 1 aromatic rings. The maximum absolute atomic E-state index is 11.6. The van der Waals surface area contributed by atoms with E-state index >= 15 is 0 Å². The van der Waals surface area contributed by atoms with Gasteiger partial charge in [-0.3, -0.25) is 4.79 Å². The number of amides is 1. The number of nitrogens with zero attached hydrogens (tertiary/aromatic N) is 1. The molecule has 16 heavy (non-hydrogen) atoms. The monoisotopic (exact) mass is 214 g/mol. The molecule has 0 saturated carbocycles. The first-order chi connectivity index (χ1) is 7.68. The Labute approximate surface area is 94.9 Å². The number of benzene rings is 1. The van der Waals surface area contributed by atoms with Crippen LogP contribution < -0.4 is 5.43 Å². The van der Waals surface area contributed by atoms with E-state index in [1.165, 1.54) is 0 Å². The lowest BCUT2D eigenvalue weighted by Gasteiger charge is -2.02. The van der Waals surface area contributed by atoms with E-state index in [1.54, 1.807) is 0 Å². The van der Waals surface area contributed by atoms with Crippen molar-refractivity contribution in [2.45, 2.75) is 13.8 Å². The first-order valence-electron chi connectivity index (χ1n) is 5.34. The van der Waals surface area contributed by atoms with Crippen LogP contribution in [0.4, 0.5) is 0 Å². The highest BCUT2D eigenvalue weighted by Gasteiger charge is 2.23. The number of rotatable bonds is 2. The maximum atomic E-state index is 11.6. The largest absolute Gasteiger partial charge is 0.273 e. The normalized spacial score (nSPS) is 17.8. The maximum Gasteiger partial charge on any atom is 0.273 e. The molecule has 0 spiro atoms. The zero-order chi connectivity index (χ0) is 11.5. The van der Waals surface area contributed by atoms with Crippen molar-refractivity contribution in [1.29, 1.82) is 0 Å². The van der Waals surface area contributed by atoms with E-state index in [1.807, 2.05) is 50.3 Å². The summed E-state index contributed by atoms with van der Waals surface area (Å²) in [7, 11) is 0. The molecule has 0 radical (unpaired) electrons. The average molecular weight is 214 g/mol. The van der Waals surface area contributed by atoms with Crippen LogP contribution in [-0.2, 0) is 4.79 Å². The van der Waals surface area contributed by atoms with Gasteiger partial charge in [-0.1, -0.05) is 50.3 Å². The second-order valence-electron chi connectivity index (χ2n) is 4.09. The van der Waals surface area contributed by atoms with Crippen molar-refractivity contribution in [3.63, 3.8) is 0 Å². The molecule has 3 heteroatoms. The van der Waals surface area contributed by atoms with Gasteiger partial charge in [-0.15, -0.1) is 0 Å². The fourth-order valence-corrected chi connectivity index (χ4v) is 1.64. The van der Waals surface area contributed by atoms with Crippen molar-refractivity contribution in [2.24, 2.45) is 11.0 Å². The number of carbonyl (C=O) groups excluding carboxylic acids is 1. The summed E-state index contributed by atoms with van der Waals surface area (Å²) in [6.45, 7) is 4.09. The van der Waals surface area contributed by atoms with E-state index in [0.29, 0.717) is 11.5 Å². The van der Waals surface area contributed by atoms with Crippen molar-refractivity contribution >= 4 is 11.6 Å². The molecule has 3 nitrogen and oxygen atoms in total. The van der Waals surface area contributed by atoms with Crippen molar-refractivity contribution in [3.05, 3.63) is 47.5 Å². The van der Waals surface area contributed by atoms with Crippen LogP contribution in [0.1, 0.15) is 19.4 Å². The van der Waals surface area contributed by atoms with E-state index in [9.17, 15) is 4.79 Å². The molecule has 1 aliphatic heterocycles. The molecule has 82 valence electrons. The molecular formula is C13H14N2O. The molecule has 1 aromatic carbocycles. The smallest absolute Gasteiger partial charge is 0.267 e. The number of allylic oxidation sites excluding steroid dienone is 1. The Morgan fingerprint density at radius 1 is 1.25 bits per heavy atom. The fraction of sp³-hybridized carbons (Fsp3) is 0.231. The van der Waals surface area contributed by atoms with E-state index in [0.717, 1.165) is 11.3 Å². The topological polar surface area (TPSA) is 41.5 Å². The zero-order valence-corrected chi connectivity index (χ0v) is 9.40. The van der Waals surface area contributed by atoms with Gasteiger partial charge in [-0.25, -0.2) is 5.43 Å². The Bertz CT molecular complexity index is 458. The highest BCUT2D eigenvalue weighted by atomic mass is 16.2. The van der Waals surface area contributed by atoms with Gasteiger partial charge in [0.15, 0.2) is 0 Å². The highest BCUT2D eigenvalue weighted by Crippen LogP contribution is 2.16. The molecule has 0 aliphatic carbocycles. The van der Waals surface area contributed by atoms with Crippen LogP contribution in [0.15, 0.2) is 47.1 Å². The molecule has 1 amide bonds. The summed E-state index contributed by atoms with van der Waals surface area (Å²) in [5, 5.41) is 4.07. The molecule has 0 saturated heterocycles. The van der Waals surface area contributed by atoms with Crippen LogP contribution in [0.3, 0.4) is 0 Å². The predicted octanol–water partition coefficient (Wildman–Crippen LogP) is 2.10. The summed E-state index contributed by atoms with van der Waals surface area (Å²) < 4.78 is 0. The number of hydrogen-bond donors (Lipinski definition) is 1. The number of hydrogen-bond acceptors (Lipinski definition) is 2. The summed E-state index contributed by atoms with van der Waals surface area (Å²) in [6, 6.07) is 9.72. The lowest BCUT2D eigenvalue weighted by Crippen LogP contribution is -2.14. The van der Waals surface area contributed by atoms with Crippen LogP contribution >= 0.6 is 0 Å². The molecular weight excluding hydrogens is 200 g/mol. The van der Waals surface area contributed by atoms with Crippen molar-refractivity contribution in [2.75, 3.05) is 0 Å². The molecule has 1 heterocycles. The lowest BCUT2D eigenvalue weighted by atomic mass is 10.00. The Kier molecular flexibility index (Phi) is 2.86. The van der Waals surface area contributed by atoms with Crippen LogP contribution in [-0.4, -0.2) is 11.6 Å². The van der Waals surface area contributed by atoms with E-state index in [2.05, 4.69) is 10.5 Å². The van der Waals surface area contributed by atoms with E-state index in [-0.39, 0.29) is 5.91 Å². The third kappa shape index (κ3) is 2.03. The third-order valence-electron chi connectivity index (χ3n) is 2.32. The predicted molar refractivity (Wildman–Crippen MR) is 64.0 cm³/mol. The Morgan fingerprint density at radius 2 is 1.94 bits per heavy atom. The number of carbonyl (C=O) groups is 1. The average Bonchev–Trinajstić information content (AvgIpc) is 2.61. The molecule has 1 aliphatic rings. The second kappa shape index (κ2) is 4.31. The second-order valence-corrected chi connectivity index (χ2v) is 4.09. The van der Waals surface area contributed by atoms with Crippen molar-refractivity contribution in [1.82, 2.24) is 5.43 Å². The lowest BCUT2D eigenvalue weighted by molar-refractivity contribution is -0.116. The Morgan fingerprint density at radius 3 is 2.56 bits per heavy atom. The molecule has 0 aromatic heterocycles. The van der Waals surface area contributed by atoms with E-state index in [4.69, 9.17) is 0 Å². The van der Waals surface area contributed by atoms with Crippen LogP contribution in [0.25, 0.3) is 0 Å². The summed E-state index contributed by atoms with van der Waals surface area (Å²) in [5.74, 6) is 0.209. The molecule has 2 rings (SSSR count).